The number of halogens is 1. The number of rotatable bonds is 8. The number of pyridine rings is 1. The minimum atomic E-state index is -0.312. The molecule has 6 nitrogen and oxygen atoms in total. The SMILES string of the molecule is Fc1cccc([C@@H](c2nnnn2C2CCCCC2)N(Cc2ccccc2)Cc2cccnc2)c1. The van der Waals surface area contributed by atoms with Gasteiger partial charge in [-0.1, -0.05) is 67.8 Å². The van der Waals surface area contributed by atoms with Crippen molar-refractivity contribution in [2.75, 3.05) is 0 Å². The lowest BCUT2D eigenvalue weighted by Gasteiger charge is -2.33. The smallest absolute Gasteiger partial charge is 0.173 e. The molecule has 1 saturated carbocycles. The number of nitrogens with zero attached hydrogens (tertiary/aromatic N) is 6. The first kappa shape index (κ1) is 22.3. The highest BCUT2D eigenvalue weighted by Gasteiger charge is 2.31. The van der Waals surface area contributed by atoms with Gasteiger partial charge in [-0.25, -0.2) is 9.07 Å². The first-order valence-electron chi connectivity index (χ1n) is 12.0. The Labute approximate surface area is 199 Å². The number of hydrogen-bond acceptors (Lipinski definition) is 5. The first-order valence-corrected chi connectivity index (χ1v) is 12.0. The number of benzene rings is 2. The first-order chi connectivity index (χ1) is 16.8. The van der Waals surface area contributed by atoms with Gasteiger partial charge in [-0.15, -0.1) is 5.10 Å². The second-order valence-corrected chi connectivity index (χ2v) is 8.98. The van der Waals surface area contributed by atoms with E-state index in [1.807, 2.05) is 41.2 Å². The van der Waals surface area contributed by atoms with Crippen LogP contribution in [0, 0.1) is 5.82 Å². The monoisotopic (exact) mass is 456 g/mol. The van der Waals surface area contributed by atoms with Crippen LogP contribution in [0.4, 0.5) is 4.39 Å². The van der Waals surface area contributed by atoms with Crippen LogP contribution in [0.25, 0.3) is 0 Å². The van der Waals surface area contributed by atoms with E-state index < -0.39 is 0 Å². The van der Waals surface area contributed by atoms with Crippen molar-refractivity contribution in [2.45, 2.75) is 57.3 Å². The summed E-state index contributed by atoms with van der Waals surface area (Å²) in [7, 11) is 0. The highest BCUT2D eigenvalue weighted by Crippen LogP contribution is 2.35. The molecular weight excluding hydrogens is 427 g/mol. The second-order valence-electron chi connectivity index (χ2n) is 8.98. The zero-order chi connectivity index (χ0) is 23.2. The summed E-state index contributed by atoms with van der Waals surface area (Å²) >= 11 is 0. The molecule has 1 aliphatic rings. The molecule has 4 aromatic rings. The zero-order valence-corrected chi connectivity index (χ0v) is 19.2. The fourth-order valence-corrected chi connectivity index (χ4v) is 4.95. The molecular formula is C27H29FN6. The average molecular weight is 457 g/mol. The Hall–Kier alpha value is -3.45. The molecule has 34 heavy (non-hydrogen) atoms. The standard InChI is InChI=1S/C27H29FN6/c28-24-13-7-12-23(17-24)26(27-30-31-32-34(27)25-14-5-2-6-15-25)33(19-21-9-3-1-4-10-21)20-22-11-8-16-29-18-22/h1,3-4,7-13,16-18,25-26H,2,5-6,14-15,19-20H2/t26-/m0/s1. The van der Waals surface area contributed by atoms with Crippen molar-refractivity contribution in [3.8, 4) is 0 Å². The molecule has 0 radical (unpaired) electrons. The molecule has 2 aromatic carbocycles. The molecule has 174 valence electrons. The highest BCUT2D eigenvalue weighted by atomic mass is 19.1. The molecule has 2 heterocycles. The van der Waals surface area contributed by atoms with Gasteiger partial charge in [-0.3, -0.25) is 9.88 Å². The molecule has 0 N–H and O–H groups in total. The normalized spacial score (nSPS) is 15.5. The molecule has 7 heteroatoms. The lowest BCUT2D eigenvalue weighted by Crippen LogP contribution is -2.32. The summed E-state index contributed by atoms with van der Waals surface area (Å²) < 4.78 is 16.5. The quantitative estimate of drug-likeness (QED) is 0.350. The van der Waals surface area contributed by atoms with E-state index in [-0.39, 0.29) is 17.9 Å². The summed E-state index contributed by atoms with van der Waals surface area (Å²) in [6, 6.07) is 21.1. The average Bonchev–Trinajstić information content (AvgIpc) is 3.35. The van der Waals surface area contributed by atoms with Gasteiger partial charge in [-0.2, -0.15) is 0 Å². The van der Waals surface area contributed by atoms with Gasteiger partial charge in [0.25, 0.3) is 0 Å². The summed E-state index contributed by atoms with van der Waals surface area (Å²) in [6.07, 6.45) is 9.40. The van der Waals surface area contributed by atoms with Crippen molar-refractivity contribution in [1.82, 2.24) is 30.1 Å². The van der Waals surface area contributed by atoms with Crippen LogP contribution in [-0.4, -0.2) is 30.1 Å². The molecule has 1 atom stereocenters. The summed E-state index contributed by atoms with van der Waals surface area (Å²) in [5, 5.41) is 13.0. The van der Waals surface area contributed by atoms with E-state index in [0.29, 0.717) is 13.1 Å². The third-order valence-electron chi connectivity index (χ3n) is 6.55. The molecule has 0 amide bonds. The van der Waals surface area contributed by atoms with E-state index in [1.54, 1.807) is 18.3 Å². The molecule has 0 aliphatic heterocycles. The van der Waals surface area contributed by atoms with Crippen molar-refractivity contribution >= 4 is 0 Å². The van der Waals surface area contributed by atoms with Gasteiger partial charge < -0.3 is 0 Å². The molecule has 5 rings (SSSR count). The van der Waals surface area contributed by atoms with Crippen molar-refractivity contribution in [2.24, 2.45) is 0 Å². The van der Waals surface area contributed by atoms with Crippen LogP contribution >= 0.6 is 0 Å². The van der Waals surface area contributed by atoms with Gasteiger partial charge >= 0.3 is 0 Å². The molecule has 2 aromatic heterocycles. The Kier molecular flexibility index (Phi) is 7.00. The molecule has 0 bridgehead atoms. The summed E-state index contributed by atoms with van der Waals surface area (Å²) in [5.74, 6) is 0.498. The second kappa shape index (κ2) is 10.7. The van der Waals surface area contributed by atoms with Crippen LogP contribution in [0.5, 0.6) is 0 Å². The van der Waals surface area contributed by atoms with E-state index in [9.17, 15) is 4.39 Å². The van der Waals surface area contributed by atoms with Crippen LogP contribution in [0.3, 0.4) is 0 Å². The Balaban J connectivity index is 1.60. The Bertz CT molecular complexity index is 1130. The van der Waals surface area contributed by atoms with Gasteiger partial charge in [0.1, 0.15) is 5.82 Å². The summed E-state index contributed by atoms with van der Waals surface area (Å²) in [6.45, 7) is 1.29. The van der Waals surface area contributed by atoms with Crippen LogP contribution in [0.2, 0.25) is 0 Å². The summed E-state index contributed by atoms with van der Waals surface area (Å²) in [5.41, 5.74) is 3.09. The van der Waals surface area contributed by atoms with Gasteiger partial charge in [-0.05, 0) is 58.2 Å². The van der Waals surface area contributed by atoms with Gasteiger partial charge in [0, 0.05) is 25.5 Å². The summed E-state index contributed by atoms with van der Waals surface area (Å²) in [4.78, 5) is 6.62. The zero-order valence-electron chi connectivity index (χ0n) is 19.2. The fourth-order valence-electron chi connectivity index (χ4n) is 4.95. The van der Waals surface area contributed by atoms with E-state index in [1.165, 1.54) is 30.9 Å². The van der Waals surface area contributed by atoms with Crippen LogP contribution in [0.15, 0.2) is 79.1 Å². The maximum Gasteiger partial charge on any atom is 0.173 e. The molecule has 0 saturated heterocycles. The fraction of sp³-hybridized carbons (Fsp3) is 0.333. The Morgan fingerprint density at radius 2 is 1.71 bits per heavy atom. The molecule has 1 fully saturated rings. The van der Waals surface area contributed by atoms with Crippen LogP contribution < -0.4 is 0 Å². The van der Waals surface area contributed by atoms with E-state index in [4.69, 9.17) is 0 Å². The number of aromatic nitrogens is 5. The van der Waals surface area contributed by atoms with Crippen molar-refractivity contribution < 1.29 is 4.39 Å². The van der Waals surface area contributed by atoms with Crippen LogP contribution in [-0.2, 0) is 13.1 Å². The van der Waals surface area contributed by atoms with Crippen molar-refractivity contribution in [1.29, 1.82) is 0 Å². The third-order valence-corrected chi connectivity index (χ3v) is 6.55. The third kappa shape index (κ3) is 5.20. The Morgan fingerprint density at radius 3 is 2.47 bits per heavy atom. The number of hydrogen-bond donors (Lipinski definition) is 0. The van der Waals surface area contributed by atoms with Gasteiger partial charge in [0.05, 0.1) is 12.1 Å². The highest BCUT2D eigenvalue weighted by molar-refractivity contribution is 5.27. The maximum atomic E-state index is 14.5. The lowest BCUT2D eigenvalue weighted by atomic mass is 9.95. The molecule has 1 aliphatic carbocycles. The topological polar surface area (TPSA) is 59.7 Å². The van der Waals surface area contributed by atoms with Crippen molar-refractivity contribution in [3.63, 3.8) is 0 Å². The Morgan fingerprint density at radius 1 is 0.912 bits per heavy atom. The molecule has 0 spiro atoms. The van der Waals surface area contributed by atoms with Crippen LogP contribution in [0.1, 0.15) is 66.7 Å². The molecule has 0 unspecified atom stereocenters. The predicted octanol–water partition coefficient (Wildman–Crippen LogP) is 5.50. The number of tetrazole rings is 1. The lowest BCUT2D eigenvalue weighted by molar-refractivity contribution is 0.187. The van der Waals surface area contributed by atoms with Gasteiger partial charge in [0.15, 0.2) is 5.82 Å². The maximum absolute atomic E-state index is 14.5. The minimum absolute atomic E-state index is 0.264. The van der Waals surface area contributed by atoms with E-state index in [0.717, 1.165) is 29.8 Å². The largest absolute Gasteiger partial charge is 0.281 e. The van der Waals surface area contributed by atoms with E-state index in [2.05, 4.69) is 43.6 Å². The predicted molar refractivity (Wildman–Crippen MR) is 128 cm³/mol. The van der Waals surface area contributed by atoms with Crippen molar-refractivity contribution in [3.05, 3.63) is 107 Å². The van der Waals surface area contributed by atoms with E-state index >= 15 is 0 Å². The minimum Gasteiger partial charge on any atom is -0.281 e. The van der Waals surface area contributed by atoms with Gasteiger partial charge in [0.2, 0.25) is 0 Å².